The predicted molar refractivity (Wildman–Crippen MR) is 62.7 cm³/mol. The number of thiazole rings is 1. The Labute approximate surface area is 96.7 Å². The highest BCUT2D eigenvalue weighted by molar-refractivity contribution is 7.14. The Bertz CT molecular complexity index is 522. The summed E-state index contributed by atoms with van der Waals surface area (Å²) in [4.78, 5) is 15.6. The minimum absolute atomic E-state index is 0.174. The molecule has 0 fully saturated rings. The summed E-state index contributed by atoms with van der Waals surface area (Å²) < 4.78 is 5.20. The molecule has 0 aliphatic carbocycles. The molecule has 82 valence electrons. The fraction of sp³-hybridized carbons (Fsp3) is 0.0909. The summed E-state index contributed by atoms with van der Waals surface area (Å²) in [5.41, 5.74) is 8.17. The van der Waals surface area contributed by atoms with Crippen LogP contribution in [0.15, 0.2) is 29.8 Å². The lowest BCUT2D eigenvalue weighted by atomic mass is 10.2. The summed E-state index contributed by atoms with van der Waals surface area (Å²) in [6.07, 6.45) is 0. The van der Waals surface area contributed by atoms with Crippen LogP contribution in [0.1, 0.15) is 16.1 Å². The van der Waals surface area contributed by atoms with Crippen molar-refractivity contribution in [3.05, 3.63) is 41.0 Å². The van der Waals surface area contributed by atoms with Gasteiger partial charge in [0.15, 0.2) is 5.69 Å². The minimum atomic E-state index is -0.520. The summed E-state index contributed by atoms with van der Waals surface area (Å²) in [7, 11) is 0. The third kappa shape index (κ3) is 2.04. The normalized spacial score (nSPS) is 10.1. The number of rotatable bonds is 2. The van der Waals surface area contributed by atoms with Crippen LogP contribution in [0.5, 0.6) is 5.75 Å². The van der Waals surface area contributed by atoms with Crippen LogP contribution in [0.3, 0.4) is 0 Å². The van der Waals surface area contributed by atoms with Crippen molar-refractivity contribution >= 4 is 22.3 Å². The number of nitrogens with two attached hydrogens (primary N) is 1. The Morgan fingerprint density at radius 2 is 2.19 bits per heavy atom. The fourth-order valence-electron chi connectivity index (χ4n) is 1.23. The van der Waals surface area contributed by atoms with Gasteiger partial charge in [0, 0.05) is 0 Å². The molecular formula is C11H10N2O2S. The molecular weight excluding hydrogens is 224 g/mol. The summed E-state index contributed by atoms with van der Waals surface area (Å²) in [6.45, 7) is 1.87. The average molecular weight is 234 g/mol. The molecule has 16 heavy (non-hydrogen) atoms. The molecule has 2 N–H and O–H groups in total. The molecule has 0 bridgehead atoms. The number of anilines is 1. The van der Waals surface area contributed by atoms with Gasteiger partial charge in [0.05, 0.1) is 5.51 Å². The Morgan fingerprint density at radius 3 is 2.81 bits per heavy atom. The summed E-state index contributed by atoms with van der Waals surface area (Å²) in [5.74, 6) is 0.00736. The highest BCUT2D eigenvalue weighted by Gasteiger charge is 2.15. The van der Waals surface area contributed by atoms with Crippen molar-refractivity contribution < 1.29 is 9.53 Å². The Morgan fingerprint density at radius 1 is 1.44 bits per heavy atom. The Hall–Kier alpha value is -1.88. The van der Waals surface area contributed by atoms with Gasteiger partial charge in [-0.05, 0) is 18.6 Å². The lowest BCUT2D eigenvalue weighted by Crippen LogP contribution is -2.11. The van der Waals surface area contributed by atoms with E-state index in [1.54, 1.807) is 12.1 Å². The number of ether oxygens (including phenoxy) is 1. The number of nitrogen functional groups attached to an aromatic ring is 1. The van der Waals surface area contributed by atoms with Crippen molar-refractivity contribution in [2.75, 3.05) is 5.73 Å². The second-order valence-corrected chi connectivity index (χ2v) is 4.11. The number of aryl methyl sites for hydroxylation is 1. The number of carbonyl (C=O) groups is 1. The SMILES string of the molecule is Cc1ccccc1OC(=O)c1ncsc1N. The number of hydrogen-bond acceptors (Lipinski definition) is 5. The maximum atomic E-state index is 11.7. The molecule has 0 radical (unpaired) electrons. The van der Waals surface area contributed by atoms with E-state index in [1.165, 1.54) is 16.8 Å². The second kappa shape index (κ2) is 4.32. The standard InChI is InChI=1S/C11H10N2O2S/c1-7-4-2-3-5-8(7)15-11(14)9-10(12)16-6-13-9/h2-6H,12H2,1H3. The third-order valence-corrected chi connectivity index (χ3v) is 2.74. The van der Waals surface area contributed by atoms with Crippen LogP contribution in [0.2, 0.25) is 0 Å². The Balaban J connectivity index is 2.21. The summed E-state index contributed by atoms with van der Waals surface area (Å²) in [5, 5.41) is 0.374. The zero-order valence-corrected chi connectivity index (χ0v) is 9.45. The monoisotopic (exact) mass is 234 g/mol. The van der Waals surface area contributed by atoms with Gasteiger partial charge in [0.25, 0.3) is 0 Å². The lowest BCUT2D eigenvalue weighted by Gasteiger charge is -2.05. The van der Waals surface area contributed by atoms with E-state index in [0.717, 1.165) is 5.56 Å². The Kier molecular flexibility index (Phi) is 2.87. The molecule has 0 atom stereocenters. The molecule has 1 aromatic carbocycles. The molecule has 0 aliphatic rings. The maximum Gasteiger partial charge on any atom is 0.365 e. The van der Waals surface area contributed by atoms with E-state index in [9.17, 15) is 4.79 Å². The molecule has 5 heteroatoms. The van der Waals surface area contributed by atoms with Crippen LogP contribution in [-0.2, 0) is 0 Å². The first-order chi connectivity index (χ1) is 7.68. The molecule has 0 amide bonds. The number of benzene rings is 1. The third-order valence-electron chi connectivity index (χ3n) is 2.08. The zero-order valence-electron chi connectivity index (χ0n) is 8.64. The van der Waals surface area contributed by atoms with Crippen LogP contribution in [-0.4, -0.2) is 11.0 Å². The first kappa shape index (κ1) is 10.6. The van der Waals surface area contributed by atoms with Crippen LogP contribution in [0, 0.1) is 6.92 Å². The van der Waals surface area contributed by atoms with E-state index in [0.29, 0.717) is 10.8 Å². The van der Waals surface area contributed by atoms with Gasteiger partial charge in [0.2, 0.25) is 0 Å². The van der Waals surface area contributed by atoms with Crippen LogP contribution >= 0.6 is 11.3 Å². The molecule has 4 nitrogen and oxygen atoms in total. The minimum Gasteiger partial charge on any atom is -0.421 e. The van der Waals surface area contributed by atoms with E-state index in [2.05, 4.69) is 4.98 Å². The smallest absolute Gasteiger partial charge is 0.365 e. The van der Waals surface area contributed by atoms with Crippen molar-refractivity contribution in [3.63, 3.8) is 0 Å². The zero-order chi connectivity index (χ0) is 11.5. The van der Waals surface area contributed by atoms with Gasteiger partial charge in [-0.15, -0.1) is 11.3 Å². The fourth-order valence-corrected chi connectivity index (χ4v) is 1.75. The van der Waals surface area contributed by atoms with Crippen molar-refractivity contribution in [2.24, 2.45) is 0 Å². The van der Waals surface area contributed by atoms with E-state index in [1.807, 2.05) is 19.1 Å². The number of esters is 1. The molecule has 1 aromatic heterocycles. The second-order valence-electron chi connectivity index (χ2n) is 3.22. The molecule has 0 saturated heterocycles. The molecule has 0 aliphatic heterocycles. The van der Waals surface area contributed by atoms with E-state index < -0.39 is 5.97 Å². The van der Waals surface area contributed by atoms with E-state index in [-0.39, 0.29) is 5.69 Å². The molecule has 0 unspecified atom stereocenters. The first-order valence-electron chi connectivity index (χ1n) is 4.65. The van der Waals surface area contributed by atoms with Crippen molar-refractivity contribution in [1.82, 2.24) is 4.98 Å². The van der Waals surface area contributed by atoms with Gasteiger partial charge in [0.1, 0.15) is 10.8 Å². The quantitative estimate of drug-likeness (QED) is 0.639. The molecule has 1 heterocycles. The lowest BCUT2D eigenvalue weighted by molar-refractivity contribution is 0.0729. The van der Waals surface area contributed by atoms with Crippen LogP contribution in [0.4, 0.5) is 5.00 Å². The maximum absolute atomic E-state index is 11.7. The van der Waals surface area contributed by atoms with Crippen LogP contribution in [0.25, 0.3) is 0 Å². The van der Waals surface area contributed by atoms with Gasteiger partial charge in [-0.1, -0.05) is 18.2 Å². The summed E-state index contributed by atoms with van der Waals surface area (Å²) >= 11 is 1.21. The first-order valence-corrected chi connectivity index (χ1v) is 5.53. The van der Waals surface area contributed by atoms with Gasteiger partial charge in [-0.2, -0.15) is 0 Å². The molecule has 2 aromatic rings. The van der Waals surface area contributed by atoms with Gasteiger partial charge >= 0.3 is 5.97 Å². The number of para-hydroxylation sites is 1. The van der Waals surface area contributed by atoms with Crippen molar-refractivity contribution in [3.8, 4) is 5.75 Å². The summed E-state index contributed by atoms with van der Waals surface area (Å²) in [6, 6.07) is 7.28. The highest BCUT2D eigenvalue weighted by Crippen LogP contribution is 2.21. The molecule has 2 rings (SSSR count). The van der Waals surface area contributed by atoms with Gasteiger partial charge in [-0.3, -0.25) is 0 Å². The predicted octanol–water partition coefficient (Wildman–Crippen LogP) is 2.25. The highest BCUT2D eigenvalue weighted by atomic mass is 32.1. The largest absolute Gasteiger partial charge is 0.421 e. The number of nitrogens with zero attached hydrogens (tertiary/aromatic N) is 1. The topological polar surface area (TPSA) is 65.2 Å². The average Bonchev–Trinajstić information content (AvgIpc) is 2.68. The van der Waals surface area contributed by atoms with E-state index >= 15 is 0 Å². The number of aromatic nitrogens is 1. The number of hydrogen-bond donors (Lipinski definition) is 1. The number of carbonyl (C=O) groups excluding carboxylic acids is 1. The molecule has 0 spiro atoms. The molecule has 0 saturated carbocycles. The van der Waals surface area contributed by atoms with Gasteiger partial charge < -0.3 is 10.5 Å². The van der Waals surface area contributed by atoms with Gasteiger partial charge in [-0.25, -0.2) is 9.78 Å². The van der Waals surface area contributed by atoms with Crippen molar-refractivity contribution in [2.45, 2.75) is 6.92 Å². The van der Waals surface area contributed by atoms with Crippen molar-refractivity contribution in [1.29, 1.82) is 0 Å². The van der Waals surface area contributed by atoms with Crippen LogP contribution < -0.4 is 10.5 Å². The van der Waals surface area contributed by atoms with E-state index in [4.69, 9.17) is 10.5 Å².